The van der Waals surface area contributed by atoms with Gasteiger partial charge in [0.25, 0.3) is 5.91 Å². The summed E-state index contributed by atoms with van der Waals surface area (Å²) in [6.45, 7) is 7.80. The summed E-state index contributed by atoms with van der Waals surface area (Å²) in [7, 11) is 1.70. The summed E-state index contributed by atoms with van der Waals surface area (Å²) in [6.07, 6.45) is 0.311. The van der Waals surface area contributed by atoms with E-state index in [9.17, 15) is 9.59 Å². The van der Waals surface area contributed by atoms with Crippen LogP contribution in [0.25, 0.3) is 0 Å². The minimum Gasteiger partial charge on any atom is -0.385 e. The molecule has 0 radical (unpaired) electrons. The minimum absolute atomic E-state index is 0.177. The van der Waals surface area contributed by atoms with Crippen LogP contribution in [0, 0.1) is 12.8 Å². The number of likely N-dealkylation sites (N-methyl/N-ethyl adjacent to an activating group) is 1. The first-order valence-electron chi connectivity index (χ1n) is 9.79. The highest BCUT2D eigenvalue weighted by atomic mass is 79.9. The molecule has 9 heteroatoms. The van der Waals surface area contributed by atoms with E-state index in [0.29, 0.717) is 22.9 Å². The van der Waals surface area contributed by atoms with E-state index in [4.69, 9.17) is 11.6 Å². The van der Waals surface area contributed by atoms with Gasteiger partial charge in [-0.2, -0.15) is 0 Å². The molecule has 0 aliphatic carbocycles. The van der Waals surface area contributed by atoms with Crippen LogP contribution in [-0.2, 0) is 4.79 Å². The highest BCUT2D eigenvalue weighted by Gasteiger charge is 2.51. The molecule has 1 aromatic rings. The Bertz CT molecular complexity index is 831. The number of benzene rings is 1. The predicted molar refractivity (Wildman–Crippen MR) is 120 cm³/mol. The summed E-state index contributed by atoms with van der Waals surface area (Å²) < 4.78 is 0.617. The topological polar surface area (TPSA) is 68.2 Å². The number of nitrogens with one attached hydrogen (secondary N) is 1. The summed E-state index contributed by atoms with van der Waals surface area (Å²) in [5.74, 6) is 0.0286. The molecular weight excluding hydrogens is 458 g/mol. The van der Waals surface area contributed by atoms with Crippen LogP contribution in [0.3, 0.4) is 0 Å². The molecule has 3 rings (SSSR count). The number of nitrogens with zero attached hydrogens (tertiary/aromatic N) is 4. The fourth-order valence-electron chi connectivity index (χ4n) is 3.67. The average Bonchev–Trinajstić information content (AvgIpc) is 2.99. The molecule has 2 atom stereocenters. The molecule has 3 amide bonds. The van der Waals surface area contributed by atoms with Crippen molar-refractivity contribution >= 4 is 49.9 Å². The van der Waals surface area contributed by atoms with Gasteiger partial charge >= 0.3 is 6.03 Å². The van der Waals surface area contributed by atoms with Gasteiger partial charge in [0.1, 0.15) is 0 Å². The van der Waals surface area contributed by atoms with Gasteiger partial charge in [-0.05, 0) is 52.9 Å². The fourth-order valence-corrected chi connectivity index (χ4v) is 4.45. The summed E-state index contributed by atoms with van der Waals surface area (Å²) in [5.41, 5.74) is 2.14. The molecule has 0 spiro atoms. The number of hydrogen-bond acceptors (Lipinski definition) is 5. The van der Waals surface area contributed by atoms with Gasteiger partial charge in [-0.15, -0.1) is 0 Å². The maximum absolute atomic E-state index is 13.1. The molecule has 2 unspecified atom stereocenters. The van der Waals surface area contributed by atoms with Crippen LogP contribution in [0.1, 0.15) is 25.8 Å². The Labute approximate surface area is 185 Å². The number of carbonyl (C=O) groups excluding carboxylic acids is 2. The van der Waals surface area contributed by atoms with Crippen molar-refractivity contribution in [1.82, 2.24) is 14.7 Å². The summed E-state index contributed by atoms with van der Waals surface area (Å²) in [6, 6.07) is 4.99. The zero-order valence-corrected chi connectivity index (χ0v) is 19.5. The fraction of sp³-hybridized carbons (Fsp3) is 0.550. The molecule has 2 heterocycles. The molecule has 0 saturated carbocycles. The lowest BCUT2D eigenvalue weighted by Crippen LogP contribution is -2.65. The number of rotatable bonds is 7. The molecule has 7 nitrogen and oxygen atoms in total. The first-order valence-corrected chi connectivity index (χ1v) is 11.0. The van der Waals surface area contributed by atoms with Crippen molar-refractivity contribution in [2.75, 3.05) is 32.0 Å². The van der Waals surface area contributed by atoms with Crippen LogP contribution < -0.4 is 5.32 Å². The largest absolute Gasteiger partial charge is 0.385 e. The van der Waals surface area contributed by atoms with Gasteiger partial charge in [0.2, 0.25) is 0 Å². The zero-order chi connectivity index (χ0) is 21.3. The molecule has 1 fully saturated rings. The number of fused-ring (bicyclic) bond motifs is 1. The highest BCUT2D eigenvalue weighted by molar-refractivity contribution is 9.18. The third-order valence-electron chi connectivity index (χ3n) is 5.18. The first-order chi connectivity index (χ1) is 13.7. The molecular formula is C20H27BrClN5O2. The number of urea groups is 1. The minimum atomic E-state index is -0.490. The van der Waals surface area contributed by atoms with E-state index in [1.807, 2.05) is 43.9 Å². The SMILES string of the molecule is Cc1ccc(Cl)cc1NCCCN1C(Br)=NC2C1C(=O)N(CC(C)C)C(=O)N2C. The van der Waals surface area contributed by atoms with Crippen molar-refractivity contribution in [2.45, 2.75) is 39.4 Å². The van der Waals surface area contributed by atoms with Crippen LogP contribution >= 0.6 is 27.5 Å². The van der Waals surface area contributed by atoms with Crippen molar-refractivity contribution in [1.29, 1.82) is 0 Å². The second kappa shape index (κ2) is 8.92. The van der Waals surface area contributed by atoms with Crippen molar-refractivity contribution in [3.63, 3.8) is 0 Å². The molecule has 0 aromatic heterocycles. The molecule has 1 aromatic carbocycles. The van der Waals surface area contributed by atoms with E-state index in [2.05, 4.69) is 26.2 Å². The lowest BCUT2D eigenvalue weighted by atomic mass is 10.1. The van der Waals surface area contributed by atoms with Crippen LogP contribution in [0.4, 0.5) is 10.5 Å². The molecule has 158 valence electrons. The summed E-state index contributed by atoms with van der Waals surface area (Å²) in [4.78, 5) is 35.1. The lowest BCUT2D eigenvalue weighted by molar-refractivity contribution is -0.137. The average molecular weight is 485 g/mol. The molecule has 29 heavy (non-hydrogen) atoms. The molecule has 2 aliphatic heterocycles. The monoisotopic (exact) mass is 483 g/mol. The highest BCUT2D eigenvalue weighted by Crippen LogP contribution is 2.30. The number of amides is 3. The molecule has 1 N–H and O–H groups in total. The number of anilines is 1. The maximum Gasteiger partial charge on any atom is 0.328 e. The van der Waals surface area contributed by atoms with Crippen LogP contribution in [0.2, 0.25) is 5.02 Å². The summed E-state index contributed by atoms with van der Waals surface area (Å²) in [5, 5.41) is 4.10. The smallest absolute Gasteiger partial charge is 0.328 e. The van der Waals surface area contributed by atoms with Crippen molar-refractivity contribution in [3.05, 3.63) is 28.8 Å². The second-order valence-electron chi connectivity index (χ2n) is 7.93. The lowest BCUT2D eigenvalue weighted by Gasteiger charge is -2.41. The van der Waals surface area contributed by atoms with Gasteiger partial charge in [0, 0.05) is 37.4 Å². The number of carbonyl (C=O) groups is 2. The number of aliphatic imine (C=N–C) groups is 1. The zero-order valence-electron chi connectivity index (χ0n) is 17.2. The third kappa shape index (κ3) is 4.53. The van der Waals surface area contributed by atoms with Crippen molar-refractivity contribution in [2.24, 2.45) is 10.9 Å². The Morgan fingerprint density at radius 1 is 1.31 bits per heavy atom. The number of halogens is 2. The number of hydrogen-bond donors (Lipinski definition) is 1. The summed E-state index contributed by atoms with van der Waals surface area (Å²) >= 11 is 9.56. The van der Waals surface area contributed by atoms with Gasteiger partial charge in [-0.25, -0.2) is 9.79 Å². The molecule has 1 saturated heterocycles. The van der Waals surface area contributed by atoms with Crippen LogP contribution in [-0.4, -0.2) is 70.3 Å². The van der Waals surface area contributed by atoms with Crippen molar-refractivity contribution in [3.8, 4) is 0 Å². The van der Waals surface area contributed by atoms with Gasteiger partial charge in [-0.1, -0.05) is 31.5 Å². The van der Waals surface area contributed by atoms with Crippen LogP contribution in [0.5, 0.6) is 0 Å². The third-order valence-corrected chi connectivity index (χ3v) is 6.08. The predicted octanol–water partition coefficient (Wildman–Crippen LogP) is 3.76. The van der Waals surface area contributed by atoms with Crippen molar-refractivity contribution < 1.29 is 9.59 Å². The van der Waals surface area contributed by atoms with E-state index in [0.717, 1.165) is 24.2 Å². The Morgan fingerprint density at radius 3 is 2.72 bits per heavy atom. The molecule has 0 bridgehead atoms. The van der Waals surface area contributed by atoms with E-state index < -0.39 is 12.2 Å². The van der Waals surface area contributed by atoms with Gasteiger partial charge in [0.05, 0.1) is 0 Å². The quantitative estimate of drug-likeness (QED) is 0.473. The van der Waals surface area contributed by atoms with Gasteiger partial charge < -0.3 is 15.1 Å². The number of amidine groups is 1. The normalized spacial score (nSPS) is 21.8. The van der Waals surface area contributed by atoms with E-state index in [1.165, 1.54) is 4.90 Å². The second-order valence-corrected chi connectivity index (χ2v) is 9.07. The first kappa shape index (κ1) is 21.9. The Hall–Kier alpha value is -1.80. The van der Waals surface area contributed by atoms with Gasteiger partial charge in [0.15, 0.2) is 17.0 Å². The van der Waals surface area contributed by atoms with E-state index in [-0.39, 0.29) is 17.9 Å². The Balaban J connectivity index is 1.65. The van der Waals surface area contributed by atoms with E-state index in [1.54, 1.807) is 11.9 Å². The van der Waals surface area contributed by atoms with E-state index >= 15 is 0 Å². The standard InChI is InChI=1S/C20H27BrClN5O2/c1-12(2)11-27-18(28)16-17(25(4)20(27)29)24-19(21)26(16)9-5-8-23-15-10-14(22)7-6-13(15)3/h6-7,10,12,16-17,23H,5,8-9,11H2,1-4H3. The maximum atomic E-state index is 13.1. The Kier molecular flexibility index (Phi) is 6.73. The number of imide groups is 1. The Morgan fingerprint density at radius 2 is 2.03 bits per heavy atom. The number of aryl methyl sites for hydroxylation is 1. The van der Waals surface area contributed by atoms with Crippen LogP contribution in [0.15, 0.2) is 23.2 Å². The van der Waals surface area contributed by atoms with Gasteiger partial charge in [-0.3, -0.25) is 9.69 Å². The molecule has 2 aliphatic rings.